The summed E-state index contributed by atoms with van der Waals surface area (Å²) in [4.78, 5) is 9.77. The summed E-state index contributed by atoms with van der Waals surface area (Å²) >= 11 is -2.13. The summed E-state index contributed by atoms with van der Waals surface area (Å²) in [5, 5.41) is 11.1. The molecular weight excluding hydrogens is 160 g/mol. The maximum Gasteiger partial charge on any atom is 0.324 e. The van der Waals surface area contributed by atoms with Gasteiger partial charge in [-0.1, -0.05) is 0 Å². The van der Waals surface area contributed by atoms with Crippen molar-refractivity contribution in [3.05, 3.63) is 0 Å². The number of carbonyl (C=O) groups is 1. The van der Waals surface area contributed by atoms with E-state index in [1.165, 1.54) is 0 Å². The largest absolute Gasteiger partial charge is 0.480 e. The molecule has 0 heterocycles. The highest BCUT2D eigenvalue weighted by Crippen LogP contribution is 1.64. The molecule has 0 saturated heterocycles. The molecule has 58 valence electrons. The van der Waals surface area contributed by atoms with E-state index in [4.69, 9.17) is 9.66 Å². The van der Waals surface area contributed by atoms with Crippen molar-refractivity contribution in [3.8, 4) is 0 Å². The zero-order valence-electron chi connectivity index (χ0n) is 4.85. The molecule has 0 saturated carbocycles. The molecule has 0 aliphatic carbocycles. The SMILES string of the molecule is O=C(O)CNN=CS(=O)O. The lowest BCUT2D eigenvalue weighted by atomic mass is 10.7. The molecule has 0 aromatic carbocycles. The van der Waals surface area contributed by atoms with Gasteiger partial charge in [0.25, 0.3) is 0 Å². The van der Waals surface area contributed by atoms with Crippen LogP contribution >= 0.6 is 0 Å². The first-order valence-corrected chi connectivity index (χ1v) is 3.37. The highest BCUT2D eigenvalue weighted by molar-refractivity contribution is 7.93. The Bertz CT molecular complexity index is 168. The average molecular weight is 166 g/mol. The summed E-state index contributed by atoms with van der Waals surface area (Å²) < 4.78 is 17.9. The van der Waals surface area contributed by atoms with Gasteiger partial charge in [0.2, 0.25) is 0 Å². The summed E-state index contributed by atoms with van der Waals surface area (Å²) in [6.07, 6.45) is 0. The van der Waals surface area contributed by atoms with Gasteiger partial charge in [0.05, 0.1) is 0 Å². The molecule has 7 heteroatoms. The van der Waals surface area contributed by atoms with Gasteiger partial charge in [0, 0.05) is 0 Å². The van der Waals surface area contributed by atoms with Crippen LogP contribution in [0.4, 0.5) is 0 Å². The third-order valence-electron chi connectivity index (χ3n) is 0.464. The number of nitrogens with one attached hydrogen (secondary N) is 1. The molecule has 0 aliphatic rings. The fraction of sp³-hybridized carbons (Fsp3) is 0.333. The fourth-order valence-electron chi connectivity index (χ4n) is 0.196. The van der Waals surface area contributed by atoms with E-state index in [1.54, 1.807) is 0 Å². The quantitative estimate of drug-likeness (QED) is 0.211. The maximum absolute atomic E-state index is 9.82. The van der Waals surface area contributed by atoms with Gasteiger partial charge in [-0.25, -0.2) is 4.21 Å². The van der Waals surface area contributed by atoms with Crippen LogP contribution in [0.2, 0.25) is 0 Å². The molecule has 0 aromatic heterocycles. The first kappa shape index (κ1) is 9.05. The molecule has 0 radical (unpaired) electrons. The van der Waals surface area contributed by atoms with Crippen LogP contribution in [0.25, 0.3) is 0 Å². The molecule has 0 aromatic rings. The molecular formula is C3H6N2O4S. The van der Waals surface area contributed by atoms with E-state index in [1.807, 2.05) is 5.43 Å². The fourth-order valence-corrected chi connectivity index (χ4v) is 0.360. The van der Waals surface area contributed by atoms with Crippen LogP contribution in [0.15, 0.2) is 5.10 Å². The minimum absolute atomic E-state index is 0.367. The normalized spacial score (nSPS) is 13.3. The summed E-state index contributed by atoms with van der Waals surface area (Å²) in [7, 11) is 0. The third kappa shape index (κ3) is 7.05. The highest BCUT2D eigenvalue weighted by atomic mass is 32.2. The van der Waals surface area contributed by atoms with Gasteiger partial charge in [0.15, 0.2) is 11.1 Å². The van der Waals surface area contributed by atoms with E-state index < -0.39 is 17.0 Å². The summed E-state index contributed by atoms with van der Waals surface area (Å²) in [5.74, 6) is -1.08. The monoisotopic (exact) mass is 166 g/mol. The van der Waals surface area contributed by atoms with E-state index >= 15 is 0 Å². The van der Waals surface area contributed by atoms with Crippen LogP contribution in [0, 0.1) is 0 Å². The molecule has 6 nitrogen and oxygen atoms in total. The molecule has 0 spiro atoms. The Kier molecular flexibility index (Phi) is 4.42. The van der Waals surface area contributed by atoms with E-state index in [0.29, 0.717) is 5.55 Å². The van der Waals surface area contributed by atoms with Crippen molar-refractivity contribution in [2.24, 2.45) is 5.10 Å². The topological polar surface area (TPSA) is 99.0 Å². The number of hydrazone groups is 1. The zero-order valence-corrected chi connectivity index (χ0v) is 5.67. The predicted molar refractivity (Wildman–Crippen MR) is 34.9 cm³/mol. The smallest absolute Gasteiger partial charge is 0.324 e. The Morgan fingerprint density at radius 2 is 2.40 bits per heavy atom. The maximum atomic E-state index is 9.82. The van der Waals surface area contributed by atoms with Crippen molar-refractivity contribution in [3.63, 3.8) is 0 Å². The third-order valence-corrected chi connectivity index (χ3v) is 0.750. The number of hydrogen-bond donors (Lipinski definition) is 3. The van der Waals surface area contributed by atoms with Gasteiger partial charge in [-0.2, -0.15) is 5.10 Å². The second kappa shape index (κ2) is 4.89. The number of carboxylic acid groups (broad SMARTS) is 1. The lowest BCUT2D eigenvalue weighted by molar-refractivity contribution is -0.135. The molecule has 1 atom stereocenters. The standard InChI is InChI=1S/C3H6N2O4S/c6-3(7)1-4-5-2-10(8)9/h2,4H,1H2,(H,6,7)(H,8,9). The number of aliphatic carboxylic acids is 1. The molecule has 0 amide bonds. The molecule has 0 rings (SSSR count). The number of carboxylic acids is 1. The van der Waals surface area contributed by atoms with Gasteiger partial charge in [-0.15, -0.1) is 0 Å². The highest BCUT2D eigenvalue weighted by Gasteiger charge is 1.90. The van der Waals surface area contributed by atoms with Gasteiger partial charge in [-0.05, 0) is 0 Å². The predicted octanol–water partition coefficient (Wildman–Crippen LogP) is -1.17. The minimum Gasteiger partial charge on any atom is -0.480 e. The van der Waals surface area contributed by atoms with Crippen molar-refractivity contribution in [1.82, 2.24) is 5.43 Å². The molecule has 10 heavy (non-hydrogen) atoms. The lowest BCUT2D eigenvalue weighted by Crippen LogP contribution is -2.17. The second-order valence-electron chi connectivity index (χ2n) is 1.24. The van der Waals surface area contributed by atoms with Crippen LogP contribution in [0.3, 0.4) is 0 Å². The van der Waals surface area contributed by atoms with Crippen LogP contribution in [-0.2, 0) is 15.9 Å². The van der Waals surface area contributed by atoms with Crippen molar-refractivity contribution in [1.29, 1.82) is 0 Å². The van der Waals surface area contributed by atoms with Crippen LogP contribution < -0.4 is 5.43 Å². The van der Waals surface area contributed by atoms with Crippen LogP contribution in [0.5, 0.6) is 0 Å². The van der Waals surface area contributed by atoms with Crippen molar-refractivity contribution < 1.29 is 18.7 Å². The van der Waals surface area contributed by atoms with Gasteiger partial charge in [-0.3, -0.25) is 10.2 Å². The Morgan fingerprint density at radius 1 is 1.80 bits per heavy atom. The molecule has 0 fully saturated rings. The van der Waals surface area contributed by atoms with E-state index in [0.717, 1.165) is 0 Å². The van der Waals surface area contributed by atoms with Crippen molar-refractivity contribution in [2.45, 2.75) is 0 Å². The van der Waals surface area contributed by atoms with Crippen LogP contribution in [0.1, 0.15) is 0 Å². The molecule has 0 bridgehead atoms. The Morgan fingerprint density at radius 3 is 2.80 bits per heavy atom. The number of hydrogen-bond acceptors (Lipinski definition) is 4. The Labute approximate surface area is 59.2 Å². The molecule has 1 unspecified atom stereocenters. The van der Waals surface area contributed by atoms with Crippen molar-refractivity contribution in [2.75, 3.05) is 6.54 Å². The summed E-state index contributed by atoms with van der Waals surface area (Å²) in [5.41, 5.74) is 2.72. The van der Waals surface area contributed by atoms with Gasteiger partial charge >= 0.3 is 5.97 Å². The van der Waals surface area contributed by atoms with Gasteiger partial charge < -0.3 is 9.66 Å². The minimum atomic E-state index is -2.13. The van der Waals surface area contributed by atoms with Gasteiger partial charge in [0.1, 0.15) is 12.1 Å². The zero-order chi connectivity index (χ0) is 7.98. The first-order valence-electron chi connectivity index (χ1n) is 2.20. The van der Waals surface area contributed by atoms with E-state index in [9.17, 15) is 9.00 Å². The van der Waals surface area contributed by atoms with Crippen molar-refractivity contribution >= 4 is 22.6 Å². The lowest BCUT2D eigenvalue weighted by Gasteiger charge is -1.90. The Hall–Kier alpha value is -0.950. The number of rotatable bonds is 4. The molecule has 0 aliphatic heterocycles. The van der Waals surface area contributed by atoms with E-state index in [-0.39, 0.29) is 6.54 Å². The van der Waals surface area contributed by atoms with E-state index in [2.05, 4.69) is 5.10 Å². The summed E-state index contributed by atoms with van der Waals surface area (Å²) in [6.45, 7) is -0.367. The second-order valence-corrected chi connectivity index (χ2v) is 2.00. The number of nitrogens with zero attached hydrogens (tertiary/aromatic N) is 1. The van der Waals surface area contributed by atoms with Crippen LogP contribution in [-0.4, -0.2) is 31.9 Å². The summed E-state index contributed by atoms with van der Waals surface area (Å²) in [6, 6.07) is 0. The first-order chi connectivity index (χ1) is 4.63. The molecule has 3 N–H and O–H groups in total. The average Bonchev–Trinajstić information content (AvgIpc) is 1.79. The Balaban J connectivity index is 3.36.